The van der Waals surface area contributed by atoms with E-state index in [9.17, 15) is 0 Å². The minimum Gasteiger partial charge on any atom is -0.382 e. The Kier molecular flexibility index (Phi) is 7.81. The van der Waals surface area contributed by atoms with Crippen LogP contribution in [0.3, 0.4) is 0 Å². The largest absolute Gasteiger partial charge is 0.382 e. The van der Waals surface area contributed by atoms with Crippen molar-refractivity contribution in [3.63, 3.8) is 0 Å². The molecule has 0 amide bonds. The summed E-state index contributed by atoms with van der Waals surface area (Å²) in [5.41, 5.74) is 0.961. The molecule has 0 spiro atoms. The maximum Gasteiger partial charge on any atom is 0.0993 e. The molecule has 0 aliphatic heterocycles. The molecule has 0 saturated carbocycles. The first kappa shape index (κ1) is 15.9. The molecule has 0 radical (unpaired) electrons. The Bertz CT molecular complexity index is 318. The van der Waals surface area contributed by atoms with Crippen LogP contribution in [0.1, 0.15) is 12.5 Å². The van der Waals surface area contributed by atoms with Gasteiger partial charge in [0.15, 0.2) is 0 Å². The van der Waals surface area contributed by atoms with E-state index in [2.05, 4.69) is 41.6 Å². The van der Waals surface area contributed by atoms with Crippen LogP contribution in [0.25, 0.3) is 0 Å². The molecule has 1 unspecified atom stereocenters. The van der Waals surface area contributed by atoms with E-state index in [1.165, 1.54) is 5.56 Å². The van der Waals surface area contributed by atoms with Crippen LogP contribution >= 0.6 is 22.6 Å². The van der Waals surface area contributed by atoms with E-state index in [1.807, 2.05) is 18.2 Å². The zero-order valence-corrected chi connectivity index (χ0v) is 13.2. The first-order chi connectivity index (χ1) is 8.73. The zero-order chi connectivity index (χ0) is 13.3. The third-order valence-corrected chi connectivity index (χ3v) is 4.18. The zero-order valence-electron chi connectivity index (χ0n) is 11.0. The molecule has 0 fully saturated rings. The molecule has 4 heteroatoms. The van der Waals surface area contributed by atoms with Crippen molar-refractivity contribution < 1.29 is 14.2 Å². The van der Waals surface area contributed by atoms with E-state index in [0.717, 1.165) is 4.43 Å². The summed E-state index contributed by atoms with van der Waals surface area (Å²) >= 11 is 2.36. The first-order valence-electron chi connectivity index (χ1n) is 6.05. The summed E-state index contributed by atoms with van der Waals surface area (Å²) in [5, 5.41) is 0. The second-order valence-electron chi connectivity index (χ2n) is 4.18. The van der Waals surface area contributed by atoms with Gasteiger partial charge in [0.25, 0.3) is 0 Å². The van der Waals surface area contributed by atoms with Crippen LogP contribution in [0.2, 0.25) is 0 Å². The molecule has 1 atom stereocenters. The van der Waals surface area contributed by atoms with Gasteiger partial charge < -0.3 is 14.2 Å². The number of benzene rings is 1. The van der Waals surface area contributed by atoms with Gasteiger partial charge in [0, 0.05) is 11.5 Å². The molecule has 0 saturated heterocycles. The summed E-state index contributed by atoms with van der Waals surface area (Å²) in [4.78, 5) is 0. The molecule has 1 rings (SSSR count). The molecule has 102 valence electrons. The fraction of sp³-hybridized carbons (Fsp3) is 0.571. The fourth-order valence-corrected chi connectivity index (χ4v) is 2.22. The van der Waals surface area contributed by atoms with Crippen LogP contribution in [-0.4, -0.2) is 38.0 Å². The molecule has 1 aromatic carbocycles. The number of rotatable bonds is 9. The molecular weight excluding hydrogens is 343 g/mol. The maximum atomic E-state index is 5.97. The van der Waals surface area contributed by atoms with E-state index in [0.29, 0.717) is 26.4 Å². The molecule has 18 heavy (non-hydrogen) atoms. The predicted molar refractivity (Wildman–Crippen MR) is 81.3 cm³/mol. The molecule has 0 N–H and O–H groups in total. The minimum atomic E-state index is -0.244. The van der Waals surface area contributed by atoms with E-state index < -0.39 is 0 Å². The van der Waals surface area contributed by atoms with Crippen LogP contribution in [0.4, 0.5) is 0 Å². The lowest BCUT2D eigenvalue weighted by molar-refractivity contribution is -0.0494. The third kappa shape index (κ3) is 5.22. The quantitative estimate of drug-likeness (QED) is 0.383. The lowest BCUT2D eigenvalue weighted by atomic mass is 9.98. The van der Waals surface area contributed by atoms with Crippen LogP contribution in [0.5, 0.6) is 0 Å². The number of methoxy groups -OCH3 is 1. The Balaban J connectivity index is 2.37. The highest BCUT2D eigenvalue weighted by Gasteiger charge is 2.25. The van der Waals surface area contributed by atoms with Crippen LogP contribution in [0.15, 0.2) is 30.3 Å². The summed E-state index contributed by atoms with van der Waals surface area (Å²) in [6.07, 6.45) is 0. The Morgan fingerprint density at radius 3 is 2.33 bits per heavy atom. The smallest absolute Gasteiger partial charge is 0.0993 e. The van der Waals surface area contributed by atoms with E-state index >= 15 is 0 Å². The van der Waals surface area contributed by atoms with Crippen molar-refractivity contribution in [3.8, 4) is 0 Å². The highest BCUT2D eigenvalue weighted by atomic mass is 127. The molecule has 0 heterocycles. The maximum absolute atomic E-state index is 5.97. The normalized spacial score (nSPS) is 14.4. The lowest BCUT2D eigenvalue weighted by Crippen LogP contribution is -2.29. The van der Waals surface area contributed by atoms with Crippen LogP contribution in [0, 0.1) is 0 Å². The second-order valence-corrected chi connectivity index (χ2v) is 4.95. The first-order valence-corrected chi connectivity index (χ1v) is 7.57. The summed E-state index contributed by atoms with van der Waals surface area (Å²) < 4.78 is 17.2. The summed E-state index contributed by atoms with van der Waals surface area (Å²) in [7, 11) is 1.67. The van der Waals surface area contributed by atoms with Crippen LogP contribution < -0.4 is 0 Å². The highest BCUT2D eigenvalue weighted by Crippen LogP contribution is 2.27. The van der Waals surface area contributed by atoms with Crippen molar-refractivity contribution in [2.75, 3.05) is 38.0 Å². The van der Waals surface area contributed by atoms with Gasteiger partial charge in [-0.2, -0.15) is 0 Å². The average molecular weight is 364 g/mol. The fourth-order valence-electron chi connectivity index (χ4n) is 1.56. The van der Waals surface area contributed by atoms with E-state index in [-0.39, 0.29) is 5.60 Å². The van der Waals surface area contributed by atoms with Crippen molar-refractivity contribution in [2.24, 2.45) is 0 Å². The van der Waals surface area contributed by atoms with E-state index in [4.69, 9.17) is 14.2 Å². The molecule has 0 aromatic heterocycles. The van der Waals surface area contributed by atoms with Crippen molar-refractivity contribution in [3.05, 3.63) is 35.9 Å². The van der Waals surface area contributed by atoms with Gasteiger partial charge in [-0.3, -0.25) is 0 Å². The average Bonchev–Trinajstić information content (AvgIpc) is 2.43. The van der Waals surface area contributed by atoms with Crippen molar-refractivity contribution >= 4 is 22.6 Å². The van der Waals surface area contributed by atoms with Crippen molar-refractivity contribution in [1.82, 2.24) is 0 Å². The van der Waals surface area contributed by atoms with Gasteiger partial charge in [-0.05, 0) is 12.5 Å². The third-order valence-electron chi connectivity index (χ3n) is 2.72. The van der Waals surface area contributed by atoms with Crippen molar-refractivity contribution in [1.29, 1.82) is 0 Å². The van der Waals surface area contributed by atoms with Gasteiger partial charge in [-0.1, -0.05) is 52.9 Å². The number of hydrogen-bond donors (Lipinski definition) is 0. The standard InChI is InChI=1S/C14H21IO3/c1-14(12-15,13-6-4-3-5-7-13)18-11-10-17-9-8-16-2/h3-7H,8-12H2,1-2H3. The van der Waals surface area contributed by atoms with Gasteiger partial charge in [-0.15, -0.1) is 0 Å². The molecule has 1 aromatic rings. The van der Waals surface area contributed by atoms with Gasteiger partial charge in [0.2, 0.25) is 0 Å². The summed E-state index contributed by atoms with van der Waals surface area (Å²) in [5.74, 6) is 0. The predicted octanol–water partition coefficient (Wildman–Crippen LogP) is 3.02. The van der Waals surface area contributed by atoms with Gasteiger partial charge in [-0.25, -0.2) is 0 Å². The number of alkyl halides is 1. The lowest BCUT2D eigenvalue weighted by Gasteiger charge is -2.28. The number of halogens is 1. The molecule has 0 bridgehead atoms. The molecule has 3 nitrogen and oxygen atoms in total. The topological polar surface area (TPSA) is 27.7 Å². The SMILES string of the molecule is COCCOCCOC(C)(CI)c1ccccc1. The Hall–Kier alpha value is -0.170. The molecule has 0 aliphatic rings. The number of ether oxygens (including phenoxy) is 3. The molecule has 0 aliphatic carbocycles. The highest BCUT2D eigenvalue weighted by molar-refractivity contribution is 14.1. The van der Waals surface area contributed by atoms with E-state index in [1.54, 1.807) is 7.11 Å². The Labute approximate surface area is 123 Å². The Morgan fingerprint density at radius 2 is 1.72 bits per heavy atom. The van der Waals surface area contributed by atoms with Gasteiger partial charge >= 0.3 is 0 Å². The minimum absolute atomic E-state index is 0.244. The van der Waals surface area contributed by atoms with Gasteiger partial charge in [0.05, 0.1) is 32.0 Å². The second kappa shape index (κ2) is 8.85. The van der Waals surface area contributed by atoms with Crippen molar-refractivity contribution in [2.45, 2.75) is 12.5 Å². The summed E-state index contributed by atoms with van der Waals surface area (Å²) in [6.45, 7) is 4.55. The summed E-state index contributed by atoms with van der Waals surface area (Å²) in [6, 6.07) is 10.3. The number of hydrogen-bond acceptors (Lipinski definition) is 3. The monoisotopic (exact) mass is 364 g/mol. The van der Waals surface area contributed by atoms with Gasteiger partial charge in [0.1, 0.15) is 0 Å². The molecular formula is C14H21IO3. The Morgan fingerprint density at radius 1 is 1.06 bits per heavy atom. The van der Waals surface area contributed by atoms with Crippen LogP contribution in [-0.2, 0) is 19.8 Å².